The van der Waals surface area contributed by atoms with Crippen molar-refractivity contribution in [2.24, 2.45) is 11.7 Å². The van der Waals surface area contributed by atoms with E-state index in [0.717, 1.165) is 33.2 Å². The molecule has 6 heterocycles. The van der Waals surface area contributed by atoms with Gasteiger partial charge in [0.1, 0.15) is 34.2 Å². The minimum absolute atomic E-state index is 0.0307. The Morgan fingerprint density at radius 2 is 1.86 bits per heavy atom. The van der Waals surface area contributed by atoms with E-state index in [2.05, 4.69) is 26.2 Å². The predicted octanol–water partition coefficient (Wildman–Crippen LogP) is 8.05. The van der Waals surface area contributed by atoms with Crippen LogP contribution in [0.3, 0.4) is 0 Å². The van der Waals surface area contributed by atoms with Crippen LogP contribution in [0.1, 0.15) is 55.2 Å². The van der Waals surface area contributed by atoms with E-state index in [1.807, 2.05) is 63.2 Å². The zero-order valence-corrected chi connectivity index (χ0v) is 29.4. The SMILES string of the molecule is CC(C)[C@@H]1NC(=O)[C@@H](N)Cc2cc(Br)c(O)c(c2)[C@]23c4cccc(c4OC2C)-c2cccc4[nH]c(Cl)c(c24)-c2oc(nc2Cl)-c2nc1oc23. The second kappa shape index (κ2) is 10.6. The summed E-state index contributed by atoms with van der Waals surface area (Å²) < 4.78 is 20.8. The average molecular weight is 761 g/mol. The first-order chi connectivity index (χ1) is 23.5. The summed E-state index contributed by atoms with van der Waals surface area (Å²) in [6, 6.07) is 13.8. The minimum Gasteiger partial charge on any atom is -0.506 e. The molecule has 9 rings (SSSR count). The van der Waals surface area contributed by atoms with Gasteiger partial charge in [-0.3, -0.25) is 4.79 Å². The van der Waals surface area contributed by atoms with Gasteiger partial charge >= 0.3 is 0 Å². The van der Waals surface area contributed by atoms with E-state index < -0.39 is 23.6 Å². The number of fused-ring (bicyclic) bond motifs is 8. The van der Waals surface area contributed by atoms with E-state index in [1.54, 1.807) is 6.07 Å². The summed E-state index contributed by atoms with van der Waals surface area (Å²) in [6.07, 6.45) is -0.461. The van der Waals surface area contributed by atoms with Crippen molar-refractivity contribution in [3.05, 3.63) is 91.7 Å². The highest BCUT2D eigenvalue weighted by molar-refractivity contribution is 9.10. The molecule has 3 aliphatic heterocycles. The van der Waals surface area contributed by atoms with Crippen LogP contribution in [-0.2, 0) is 16.6 Å². The van der Waals surface area contributed by atoms with E-state index in [-0.39, 0.29) is 52.4 Å². The number of phenolic OH excluding ortho intramolecular Hbond substituents is 1. The lowest BCUT2D eigenvalue weighted by Crippen LogP contribution is -2.45. The molecule has 0 saturated heterocycles. The van der Waals surface area contributed by atoms with Crippen molar-refractivity contribution < 1.29 is 23.5 Å². The molecule has 10 nitrogen and oxygen atoms in total. The van der Waals surface area contributed by atoms with Crippen LogP contribution in [0, 0.1) is 5.92 Å². The number of para-hydroxylation sites is 1. The van der Waals surface area contributed by atoms with Gasteiger partial charge in [0.05, 0.1) is 16.1 Å². The smallest absolute Gasteiger partial charge is 0.250 e. The first-order valence-corrected chi connectivity index (χ1v) is 17.4. The first kappa shape index (κ1) is 30.7. The molecule has 1 spiro atoms. The van der Waals surface area contributed by atoms with Gasteiger partial charge in [-0.1, -0.05) is 73.4 Å². The predicted molar refractivity (Wildman–Crippen MR) is 188 cm³/mol. The lowest BCUT2D eigenvalue weighted by Gasteiger charge is -2.33. The molecule has 3 aromatic heterocycles. The Bertz CT molecular complexity index is 2400. The molecule has 13 heteroatoms. The third-order valence-electron chi connectivity index (χ3n) is 10.0. The van der Waals surface area contributed by atoms with Gasteiger partial charge in [0.15, 0.2) is 22.4 Å². The van der Waals surface area contributed by atoms with E-state index >= 15 is 0 Å². The summed E-state index contributed by atoms with van der Waals surface area (Å²) in [4.78, 5) is 26.5. The van der Waals surface area contributed by atoms with Crippen LogP contribution in [0.25, 0.3) is 44.9 Å². The topological polar surface area (TPSA) is 152 Å². The lowest BCUT2D eigenvalue weighted by molar-refractivity contribution is -0.123. The number of hydrogen-bond acceptors (Lipinski definition) is 8. The highest BCUT2D eigenvalue weighted by atomic mass is 79.9. The number of nitrogens with one attached hydrogen (secondary N) is 2. The molecule has 3 aliphatic rings. The lowest BCUT2D eigenvalue weighted by atomic mass is 9.68. The van der Waals surface area contributed by atoms with E-state index in [1.165, 1.54) is 0 Å². The molecule has 6 aromatic rings. The maximum atomic E-state index is 13.5. The normalized spacial score (nSPS) is 22.2. The fourth-order valence-electron chi connectivity index (χ4n) is 7.75. The monoisotopic (exact) mass is 759 g/mol. The zero-order valence-electron chi connectivity index (χ0n) is 26.3. The van der Waals surface area contributed by atoms with Crippen LogP contribution >= 0.6 is 39.1 Å². The number of nitrogens with two attached hydrogens (primary N) is 1. The maximum absolute atomic E-state index is 13.5. The highest BCUT2D eigenvalue weighted by Crippen LogP contribution is 2.60. The number of aromatic hydroxyl groups is 1. The standard InChI is InChI=1S/C36H28BrCl2N5O5/c1-13(2)25-34-43-26-30(49-34)36(19-10-15(11-20(37)27(19)45)12-21(40)33(46)42-25)14(3)47-28-17(7-4-8-18(28)36)16-6-5-9-22-23(16)24(31(38)41-22)29-32(39)44-35(26)48-29/h4-11,13-14,21,25,41,45H,12,40H2,1-3H3,(H,42,46)/t14?,21-,25-,36+/m0/s1. The number of H-pyrrole nitrogens is 1. The molecule has 0 radical (unpaired) electrons. The number of benzene rings is 3. The third kappa shape index (κ3) is 4.13. The van der Waals surface area contributed by atoms with Crippen molar-refractivity contribution >= 4 is 55.9 Å². The van der Waals surface area contributed by atoms with Crippen LogP contribution in [0.15, 0.2) is 61.8 Å². The summed E-state index contributed by atoms with van der Waals surface area (Å²) >= 11 is 17.4. The Balaban J connectivity index is 1.51. The Hall–Kier alpha value is -4.29. The van der Waals surface area contributed by atoms with Gasteiger partial charge in [0, 0.05) is 27.6 Å². The molecular weight excluding hydrogens is 733 g/mol. The van der Waals surface area contributed by atoms with Crippen LogP contribution < -0.4 is 15.8 Å². The quantitative estimate of drug-likeness (QED) is 0.131. The second-order valence-corrected chi connectivity index (χ2v) is 14.8. The summed E-state index contributed by atoms with van der Waals surface area (Å²) in [5, 5.41) is 16.2. The number of nitrogens with zero attached hydrogens (tertiary/aromatic N) is 2. The number of carbonyl (C=O) groups excluding carboxylic acids is 1. The van der Waals surface area contributed by atoms with Crippen molar-refractivity contribution in [3.8, 4) is 45.5 Å². The first-order valence-electron chi connectivity index (χ1n) is 15.9. The van der Waals surface area contributed by atoms with Gasteiger partial charge in [-0.2, -0.15) is 4.98 Å². The van der Waals surface area contributed by atoms with Crippen LogP contribution in [0.4, 0.5) is 0 Å². The largest absolute Gasteiger partial charge is 0.506 e. The number of aromatic nitrogens is 3. The summed E-state index contributed by atoms with van der Waals surface area (Å²) in [5.41, 5.74) is 10.3. The number of phenols is 1. The van der Waals surface area contributed by atoms with Gasteiger partial charge in [-0.05, 0) is 58.5 Å². The second-order valence-electron chi connectivity index (χ2n) is 13.2. The Morgan fingerprint density at radius 3 is 2.65 bits per heavy atom. The van der Waals surface area contributed by atoms with E-state index in [0.29, 0.717) is 32.3 Å². The van der Waals surface area contributed by atoms with Gasteiger partial charge in [0.2, 0.25) is 11.8 Å². The highest BCUT2D eigenvalue weighted by Gasteiger charge is 2.57. The molecule has 4 atom stereocenters. The van der Waals surface area contributed by atoms with Crippen molar-refractivity contribution in [1.82, 2.24) is 20.3 Å². The molecule has 10 bridgehead atoms. The molecule has 1 amide bonds. The van der Waals surface area contributed by atoms with Crippen LogP contribution in [0.5, 0.6) is 11.5 Å². The number of amides is 1. The van der Waals surface area contributed by atoms with E-state index in [9.17, 15) is 9.90 Å². The molecule has 3 aromatic carbocycles. The van der Waals surface area contributed by atoms with Gasteiger partial charge in [-0.25, -0.2) is 4.98 Å². The number of halogens is 3. The van der Waals surface area contributed by atoms with Gasteiger partial charge in [0.25, 0.3) is 5.89 Å². The van der Waals surface area contributed by atoms with Crippen LogP contribution in [-0.4, -0.2) is 38.1 Å². The number of hydrogen-bond donors (Lipinski definition) is 4. The van der Waals surface area contributed by atoms with Crippen LogP contribution in [0.2, 0.25) is 10.3 Å². The molecule has 0 aliphatic carbocycles. The van der Waals surface area contributed by atoms with Crippen molar-refractivity contribution in [2.75, 3.05) is 0 Å². The van der Waals surface area contributed by atoms with Gasteiger partial charge < -0.3 is 34.7 Å². The van der Waals surface area contributed by atoms with Crippen molar-refractivity contribution in [1.29, 1.82) is 0 Å². The Labute approximate surface area is 298 Å². The molecule has 0 saturated carbocycles. The average Bonchev–Trinajstić information content (AvgIpc) is 3.81. The number of oxazole rings is 2. The summed E-state index contributed by atoms with van der Waals surface area (Å²) in [7, 11) is 0. The fraction of sp³-hybridized carbons (Fsp3) is 0.250. The molecule has 0 fully saturated rings. The number of ether oxygens (including phenoxy) is 1. The number of aromatic amines is 1. The number of rotatable bonds is 1. The fourth-order valence-corrected chi connectivity index (χ4v) is 8.75. The minimum atomic E-state index is -1.31. The van der Waals surface area contributed by atoms with Gasteiger partial charge in [-0.15, -0.1) is 0 Å². The molecule has 1 unspecified atom stereocenters. The Morgan fingerprint density at radius 1 is 1.08 bits per heavy atom. The summed E-state index contributed by atoms with van der Waals surface area (Å²) in [5.74, 6) is 0.878. The zero-order chi connectivity index (χ0) is 34.1. The Kier molecular flexibility index (Phi) is 6.65. The molecule has 248 valence electrons. The number of carbonyl (C=O) groups is 1. The van der Waals surface area contributed by atoms with E-state index in [4.69, 9.17) is 52.5 Å². The third-order valence-corrected chi connectivity index (χ3v) is 11.1. The molecule has 49 heavy (non-hydrogen) atoms. The summed E-state index contributed by atoms with van der Waals surface area (Å²) in [6.45, 7) is 5.84. The molecular formula is C36H28BrCl2N5O5. The van der Waals surface area contributed by atoms with Crippen molar-refractivity contribution in [3.63, 3.8) is 0 Å². The molecule has 5 N–H and O–H groups in total. The maximum Gasteiger partial charge on any atom is 0.250 e. The van der Waals surface area contributed by atoms with Crippen molar-refractivity contribution in [2.45, 2.75) is 50.8 Å².